The molecule has 1 aliphatic heterocycles. The van der Waals surface area contributed by atoms with E-state index in [9.17, 15) is 19.2 Å². The van der Waals surface area contributed by atoms with Gasteiger partial charge in [0.25, 0.3) is 0 Å². The summed E-state index contributed by atoms with van der Waals surface area (Å²) in [6.45, 7) is 10.2. The molecule has 0 spiro atoms. The molecular formula is C27H50N4O6. The first-order chi connectivity index (χ1) is 17.5. The molecule has 1 heterocycles. The maximum atomic E-state index is 13.5. The molecule has 37 heavy (non-hydrogen) atoms. The minimum Gasteiger partial charge on any atom is -0.379 e. The fraction of sp³-hybridized carbons (Fsp3) is 0.852. The van der Waals surface area contributed by atoms with Gasteiger partial charge in [0.15, 0.2) is 0 Å². The zero-order valence-corrected chi connectivity index (χ0v) is 24.3. The van der Waals surface area contributed by atoms with E-state index in [-0.39, 0.29) is 72.7 Å². The van der Waals surface area contributed by atoms with Gasteiger partial charge in [-0.1, -0.05) is 41.0 Å². The number of hydrogen-bond donors (Lipinski definition) is 2. The van der Waals surface area contributed by atoms with Crippen molar-refractivity contribution in [2.24, 2.45) is 17.8 Å². The molecule has 0 saturated carbocycles. The zero-order valence-electron chi connectivity index (χ0n) is 24.3. The van der Waals surface area contributed by atoms with Gasteiger partial charge in [0.05, 0.1) is 43.3 Å². The van der Waals surface area contributed by atoms with Crippen molar-refractivity contribution in [1.82, 2.24) is 20.4 Å². The molecule has 0 aromatic carbocycles. The number of nitrogens with zero attached hydrogens (tertiary/aromatic N) is 2. The predicted octanol–water partition coefficient (Wildman–Crippen LogP) is 1.47. The molecule has 1 aliphatic rings. The molecule has 0 aliphatic carbocycles. The monoisotopic (exact) mass is 526 g/mol. The average molecular weight is 527 g/mol. The highest BCUT2D eigenvalue weighted by molar-refractivity contribution is 5.87. The molecule has 10 nitrogen and oxygen atoms in total. The van der Waals surface area contributed by atoms with Gasteiger partial charge in [-0.3, -0.25) is 14.4 Å². The Kier molecular flexibility index (Phi) is 14.3. The Balaban J connectivity index is 3.01. The van der Waals surface area contributed by atoms with Crippen LogP contribution in [0.5, 0.6) is 0 Å². The van der Waals surface area contributed by atoms with Gasteiger partial charge in [0.1, 0.15) is 6.29 Å². The van der Waals surface area contributed by atoms with Gasteiger partial charge in [-0.2, -0.15) is 0 Å². The summed E-state index contributed by atoms with van der Waals surface area (Å²) in [4.78, 5) is 54.0. The van der Waals surface area contributed by atoms with Crippen LogP contribution >= 0.6 is 0 Å². The Morgan fingerprint density at radius 2 is 1.78 bits per heavy atom. The lowest BCUT2D eigenvalue weighted by Crippen LogP contribution is -2.55. The van der Waals surface area contributed by atoms with E-state index in [0.717, 1.165) is 25.5 Å². The quantitative estimate of drug-likeness (QED) is 0.293. The van der Waals surface area contributed by atoms with Crippen molar-refractivity contribution < 1.29 is 28.7 Å². The standard InChI is InChI=1S/C27H50N4O6/c1-10-18(4)25(30(7)23(34)15-29-27(35)24(28-6)17(2)3)21(36-8)14-22(33)31-13-11-12-20(31)26(37-9)19(5)16-32/h16-21,24-26,28H,10-15H2,1-9H3,(H,29,35). The number of methoxy groups -OCH3 is 2. The molecule has 7 atom stereocenters. The Morgan fingerprint density at radius 1 is 1.14 bits per heavy atom. The minimum atomic E-state index is -0.529. The number of carbonyl (C=O) groups excluding carboxylic acids is 4. The van der Waals surface area contributed by atoms with E-state index in [4.69, 9.17) is 9.47 Å². The minimum absolute atomic E-state index is 0.0549. The summed E-state index contributed by atoms with van der Waals surface area (Å²) in [5.74, 6) is -0.742. The summed E-state index contributed by atoms with van der Waals surface area (Å²) in [6, 6.07) is -0.922. The van der Waals surface area contributed by atoms with Crippen LogP contribution in [0.2, 0.25) is 0 Å². The molecule has 0 aromatic heterocycles. The second kappa shape index (κ2) is 16.0. The first-order valence-electron chi connectivity index (χ1n) is 13.5. The smallest absolute Gasteiger partial charge is 0.242 e. The molecular weight excluding hydrogens is 476 g/mol. The number of nitrogens with one attached hydrogen (secondary N) is 2. The van der Waals surface area contributed by atoms with Crippen molar-refractivity contribution in [3.8, 4) is 0 Å². The van der Waals surface area contributed by atoms with E-state index in [2.05, 4.69) is 10.6 Å². The molecule has 3 amide bonds. The average Bonchev–Trinajstić information content (AvgIpc) is 3.36. The number of amides is 3. The van der Waals surface area contributed by atoms with Crippen LogP contribution in [0.4, 0.5) is 0 Å². The third-order valence-corrected chi connectivity index (χ3v) is 7.80. The van der Waals surface area contributed by atoms with Crippen LogP contribution in [0.3, 0.4) is 0 Å². The lowest BCUT2D eigenvalue weighted by molar-refractivity contribution is -0.144. The highest BCUT2D eigenvalue weighted by atomic mass is 16.5. The molecule has 1 fully saturated rings. The van der Waals surface area contributed by atoms with Crippen LogP contribution in [0.15, 0.2) is 0 Å². The van der Waals surface area contributed by atoms with Crippen LogP contribution < -0.4 is 10.6 Å². The molecule has 0 radical (unpaired) electrons. The predicted molar refractivity (Wildman–Crippen MR) is 143 cm³/mol. The second-order valence-corrected chi connectivity index (χ2v) is 10.6. The van der Waals surface area contributed by atoms with Crippen LogP contribution in [0.25, 0.3) is 0 Å². The van der Waals surface area contributed by atoms with Gasteiger partial charge in [-0.15, -0.1) is 0 Å². The van der Waals surface area contributed by atoms with Gasteiger partial charge in [-0.05, 0) is 31.7 Å². The molecule has 214 valence electrons. The number of carbonyl (C=O) groups is 4. The van der Waals surface area contributed by atoms with E-state index in [1.807, 2.05) is 27.7 Å². The van der Waals surface area contributed by atoms with E-state index in [1.54, 1.807) is 45.0 Å². The summed E-state index contributed by atoms with van der Waals surface area (Å²) in [5, 5.41) is 5.72. The number of ether oxygens (including phenoxy) is 2. The van der Waals surface area contributed by atoms with Gasteiger partial charge >= 0.3 is 0 Å². The van der Waals surface area contributed by atoms with Crippen molar-refractivity contribution in [3.63, 3.8) is 0 Å². The maximum absolute atomic E-state index is 13.5. The van der Waals surface area contributed by atoms with E-state index in [0.29, 0.717) is 6.54 Å². The lowest BCUT2D eigenvalue weighted by atomic mass is 9.90. The highest BCUT2D eigenvalue weighted by Gasteiger charge is 2.40. The maximum Gasteiger partial charge on any atom is 0.242 e. The third-order valence-electron chi connectivity index (χ3n) is 7.80. The van der Waals surface area contributed by atoms with Crippen molar-refractivity contribution in [2.45, 2.75) is 90.6 Å². The van der Waals surface area contributed by atoms with Crippen molar-refractivity contribution in [2.75, 3.05) is 41.4 Å². The van der Waals surface area contributed by atoms with Crippen LogP contribution in [-0.2, 0) is 28.7 Å². The Morgan fingerprint density at radius 3 is 2.27 bits per heavy atom. The molecule has 2 N–H and O–H groups in total. The summed E-state index contributed by atoms with van der Waals surface area (Å²) in [7, 11) is 6.55. The summed E-state index contributed by atoms with van der Waals surface area (Å²) >= 11 is 0. The number of likely N-dealkylation sites (tertiary alicyclic amines) is 1. The summed E-state index contributed by atoms with van der Waals surface area (Å²) < 4.78 is 11.4. The van der Waals surface area contributed by atoms with Gasteiger partial charge < -0.3 is 34.7 Å². The number of rotatable bonds is 16. The van der Waals surface area contributed by atoms with Crippen molar-refractivity contribution in [3.05, 3.63) is 0 Å². The summed E-state index contributed by atoms with van der Waals surface area (Å²) in [5.41, 5.74) is 0. The van der Waals surface area contributed by atoms with Gasteiger partial charge in [0.2, 0.25) is 17.7 Å². The van der Waals surface area contributed by atoms with Crippen LogP contribution in [-0.4, -0.2) is 106 Å². The largest absolute Gasteiger partial charge is 0.379 e. The molecule has 1 saturated heterocycles. The first kappa shape index (κ1) is 33.0. The Bertz CT molecular complexity index is 748. The fourth-order valence-corrected chi connectivity index (χ4v) is 5.45. The fourth-order valence-electron chi connectivity index (χ4n) is 5.45. The second-order valence-electron chi connectivity index (χ2n) is 10.6. The van der Waals surface area contributed by atoms with Crippen molar-refractivity contribution >= 4 is 24.0 Å². The van der Waals surface area contributed by atoms with E-state index in [1.165, 1.54) is 0 Å². The highest BCUT2D eigenvalue weighted by Crippen LogP contribution is 2.28. The first-order valence-corrected chi connectivity index (χ1v) is 13.5. The third kappa shape index (κ3) is 8.75. The van der Waals surface area contributed by atoms with Crippen molar-refractivity contribution in [1.29, 1.82) is 0 Å². The number of likely N-dealkylation sites (N-methyl/N-ethyl adjacent to an activating group) is 2. The molecule has 0 aromatic rings. The van der Waals surface area contributed by atoms with Gasteiger partial charge in [-0.25, -0.2) is 0 Å². The SMILES string of the molecule is CCC(C)C(C(CC(=O)N1CCCC1C(OC)C(C)C=O)OC)N(C)C(=O)CNC(=O)C(NC)C(C)C. The van der Waals surface area contributed by atoms with E-state index < -0.39 is 6.10 Å². The zero-order chi connectivity index (χ0) is 28.3. The Labute approximate surface area is 223 Å². The lowest BCUT2D eigenvalue weighted by Gasteiger charge is -2.39. The van der Waals surface area contributed by atoms with Crippen LogP contribution in [0.1, 0.15) is 60.3 Å². The number of aldehydes is 1. The topological polar surface area (TPSA) is 117 Å². The Hall–Kier alpha value is -2.04. The van der Waals surface area contributed by atoms with E-state index >= 15 is 0 Å². The van der Waals surface area contributed by atoms with Gasteiger partial charge in [0, 0.05) is 33.7 Å². The normalized spacial score (nSPS) is 20.6. The molecule has 7 unspecified atom stereocenters. The molecule has 10 heteroatoms. The number of hydrogen-bond acceptors (Lipinski definition) is 7. The summed E-state index contributed by atoms with van der Waals surface area (Å²) in [6.07, 6.45) is 2.48. The molecule has 0 bridgehead atoms. The molecule has 1 rings (SSSR count). The van der Waals surface area contributed by atoms with Crippen LogP contribution in [0, 0.1) is 17.8 Å².